The van der Waals surface area contributed by atoms with Crippen molar-refractivity contribution in [3.63, 3.8) is 0 Å². The molecule has 0 aliphatic heterocycles. The van der Waals surface area contributed by atoms with Gasteiger partial charge >= 0.3 is 17.6 Å². The number of carbonyl (C=O) groups excluding carboxylic acids is 2. The van der Waals surface area contributed by atoms with Gasteiger partial charge < -0.3 is 25.3 Å². The van der Waals surface area contributed by atoms with Gasteiger partial charge in [0.25, 0.3) is 0 Å². The highest BCUT2D eigenvalue weighted by Gasteiger charge is 2.39. The van der Waals surface area contributed by atoms with Crippen LogP contribution in [0.25, 0.3) is 11.0 Å². The summed E-state index contributed by atoms with van der Waals surface area (Å²) in [4.78, 5) is 61.1. The number of hydrogen-bond acceptors (Lipinski definition) is 8. The molecule has 4 N–H and O–H groups in total. The Morgan fingerprint density at radius 1 is 1.12 bits per heavy atom. The average molecular weight is 568 g/mol. The van der Waals surface area contributed by atoms with Crippen LogP contribution in [0.4, 0.5) is 5.69 Å². The van der Waals surface area contributed by atoms with E-state index >= 15 is 0 Å². The second kappa shape index (κ2) is 12.3. The molecule has 1 atom stereocenters. The van der Waals surface area contributed by atoms with E-state index in [1.165, 1.54) is 16.9 Å². The van der Waals surface area contributed by atoms with Gasteiger partial charge in [-0.05, 0) is 43.9 Å². The molecule has 0 bridgehead atoms. The highest BCUT2D eigenvalue weighted by Crippen LogP contribution is 2.36. The van der Waals surface area contributed by atoms with Crippen LogP contribution < -0.4 is 16.3 Å². The normalized spacial score (nSPS) is 15.3. The van der Waals surface area contributed by atoms with Crippen LogP contribution in [0.3, 0.4) is 0 Å². The maximum absolute atomic E-state index is 13.3. The zero-order valence-corrected chi connectivity index (χ0v) is 22.9. The van der Waals surface area contributed by atoms with Gasteiger partial charge in [0.05, 0.1) is 30.1 Å². The molecular formula is C28H33N5O8. The van der Waals surface area contributed by atoms with E-state index in [4.69, 9.17) is 9.52 Å². The van der Waals surface area contributed by atoms with Gasteiger partial charge in [-0.25, -0.2) is 9.48 Å². The third kappa shape index (κ3) is 6.61. The second-order valence-corrected chi connectivity index (χ2v) is 10.4. The Morgan fingerprint density at radius 2 is 1.85 bits per heavy atom. The topological polar surface area (TPSA) is 194 Å². The number of aromatic nitrogens is 3. The number of fused-ring (bicyclic) bond motifs is 1. The molecule has 1 aliphatic rings. The minimum Gasteiger partial charge on any atom is -0.481 e. The minimum atomic E-state index is -1.26. The van der Waals surface area contributed by atoms with E-state index in [0.29, 0.717) is 42.3 Å². The first-order valence-electron chi connectivity index (χ1n) is 13.6. The van der Waals surface area contributed by atoms with Crippen LogP contribution in [0, 0.1) is 6.92 Å². The molecule has 0 spiro atoms. The van der Waals surface area contributed by atoms with Crippen molar-refractivity contribution in [3.05, 3.63) is 51.6 Å². The largest absolute Gasteiger partial charge is 0.481 e. The number of carboxylic acids is 2. The van der Waals surface area contributed by atoms with Crippen LogP contribution in [0.2, 0.25) is 0 Å². The van der Waals surface area contributed by atoms with Gasteiger partial charge in [-0.3, -0.25) is 19.2 Å². The van der Waals surface area contributed by atoms with E-state index in [-0.39, 0.29) is 22.7 Å². The van der Waals surface area contributed by atoms with Crippen molar-refractivity contribution >= 4 is 40.4 Å². The highest BCUT2D eigenvalue weighted by atomic mass is 16.4. The van der Waals surface area contributed by atoms with Gasteiger partial charge in [0, 0.05) is 23.6 Å². The number of benzene rings is 1. The number of carbonyl (C=O) groups is 4. The number of nitrogens with zero attached hydrogens (tertiary/aromatic N) is 3. The lowest BCUT2D eigenvalue weighted by Crippen LogP contribution is -2.47. The fourth-order valence-electron chi connectivity index (χ4n) is 5.33. The number of anilines is 1. The lowest BCUT2D eigenvalue weighted by molar-refractivity contribution is -0.140. The zero-order valence-electron chi connectivity index (χ0n) is 22.9. The van der Waals surface area contributed by atoms with Crippen molar-refractivity contribution in [2.45, 2.75) is 83.2 Å². The number of aryl methyl sites for hydroxylation is 1. The summed E-state index contributed by atoms with van der Waals surface area (Å²) < 4.78 is 6.51. The number of aliphatic carboxylic acids is 2. The van der Waals surface area contributed by atoms with Crippen LogP contribution in [0.5, 0.6) is 0 Å². The molecule has 2 heterocycles. The molecule has 0 radical (unpaired) electrons. The number of amides is 2. The molecule has 4 rings (SSSR count). The second-order valence-electron chi connectivity index (χ2n) is 10.4. The quantitative estimate of drug-likeness (QED) is 0.250. The van der Waals surface area contributed by atoms with Gasteiger partial charge in [-0.1, -0.05) is 31.4 Å². The molecule has 41 heavy (non-hydrogen) atoms. The summed E-state index contributed by atoms with van der Waals surface area (Å²) in [5.74, 6) is -3.17. The lowest BCUT2D eigenvalue weighted by atomic mass is 9.79. The van der Waals surface area contributed by atoms with Crippen LogP contribution in [0.15, 0.2) is 33.6 Å². The molecule has 13 nitrogen and oxygen atoms in total. The Hall–Kier alpha value is -4.55. The Bertz CT molecular complexity index is 1540. The van der Waals surface area contributed by atoms with Gasteiger partial charge in [0.1, 0.15) is 17.3 Å². The summed E-state index contributed by atoms with van der Waals surface area (Å²) in [6.07, 6.45) is 5.63. The van der Waals surface area contributed by atoms with E-state index in [1.54, 1.807) is 19.1 Å². The van der Waals surface area contributed by atoms with Crippen molar-refractivity contribution in [2.24, 2.45) is 0 Å². The van der Waals surface area contributed by atoms with Gasteiger partial charge in [-0.15, -0.1) is 5.10 Å². The summed E-state index contributed by atoms with van der Waals surface area (Å²) in [7, 11) is 0. The van der Waals surface area contributed by atoms with E-state index in [1.807, 2.05) is 6.92 Å². The monoisotopic (exact) mass is 567 g/mol. The van der Waals surface area contributed by atoms with Crippen molar-refractivity contribution < 1.29 is 33.8 Å². The minimum absolute atomic E-state index is 0.0342. The van der Waals surface area contributed by atoms with Crippen molar-refractivity contribution in [1.82, 2.24) is 20.3 Å². The van der Waals surface area contributed by atoms with E-state index in [0.717, 1.165) is 19.3 Å². The molecule has 1 aliphatic carbocycles. The molecule has 13 heteroatoms. The highest BCUT2D eigenvalue weighted by molar-refractivity contribution is 5.97. The first kappa shape index (κ1) is 29.4. The van der Waals surface area contributed by atoms with Gasteiger partial charge in [0.2, 0.25) is 11.8 Å². The Kier molecular flexibility index (Phi) is 8.84. The summed E-state index contributed by atoms with van der Waals surface area (Å²) in [6.45, 7) is 3.53. The molecule has 2 amide bonds. The molecular weight excluding hydrogens is 534 g/mol. The maximum atomic E-state index is 13.3. The SMILES string of the molecule is CCCC(=O)NC1(c2cn(C(CC(=O)O)C(=O)Nc3ccc4c(C)c(CC(=O)O)c(=O)oc4c3)nn2)CCCCC1. The Balaban J connectivity index is 1.61. The maximum Gasteiger partial charge on any atom is 0.340 e. The van der Waals surface area contributed by atoms with E-state index < -0.39 is 47.9 Å². The molecule has 1 aromatic carbocycles. The van der Waals surface area contributed by atoms with Crippen molar-refractivity contribution in [3.8, 4) is 0 Å². The van der Waals surface area contributed by atoms with Crippen LogP contribution in [-0.2, 0) is 31.1 Å². The third-order valence-electron chi connectivity index (χ3n) is 7.44. The summed E-state index contributed by atoms with van der Waals surface area (Å²) in [6, 6.07) is 3.28. The fourth-order valence-corrected chi connectivity index (χ4v) is 5.33. The number of nitrogens with one attached hydrogen (secondary N) is 2. The molecule has 218 valence electrons. The third-order valence-corrected chi connectivity index (χ3v) is 7.44. The molecule has 3 aromatic rings. The lowest BCUT2D eigenvalue weighted by Gasteiger charge is -2.36. The molecule has 2 aromatic heterocycles. The average Bonchev–Trinajstić information content (AvgIpc) is 3.41. The molecule has 1 fully saturated rings. The molecule has 1 saturated carbocycles. The van der Waals surface area contributed by atoms with E-state index in [2.05, 4.69) is 20.9 Å². The van der Waals surface area contributed by atoms with Crippen LogP contribution >= 0.6 is 0 Å². The number of hydrogen-bond donors (Lipinski definition) is 4. The summed E-state index contributed by atoms with van der Waals surface area (Å²) in [5.41, 5.74) is -0.181. The van der Waals surface area contributed by atoms with Crippen molar-refractivity contribution in [1.29, 1.82) is 0 Å². The zero-order chi connectivity index (χ0) is 29.7. The molecule has 1 unspecified atom stereocenters. The molecule has 0 saturated heterocycles. The summed E-state index contributed by atoms with van der Waals surface area (Å²) >= 11 is 0. The Labute approximate surface area is 234 Å². The van der Waals surface area contributed by atoms with Gasteiger partial charge in [0.15, 0.2) is 0 Å². The number of carboxylic acid groups (broad SMARTS) is 2. The Morgan fingerprint density at radius 3 is 2.51 bits per heavy atom. The summed E-state index contributed by atoms with van der Waals surface area (Å²) in [5, 5.41) is 33.3. The van der Waals surface area contributed by atoms with E-state index in [9.17, 15) is 29.1 Å². The number of rotatable bonds is 11. The smallest absolute Gasteiger partial charge is 0.340 e. The predicted octanol–water partition coefficient (Wildman–Crippen LogP) is 3.05. The van der Waals surface area contributed by atoms with Gasteiger partial charge in [-0.2, -0.15) is 0 Å². The first-order valence-corrected chi connectivity index (χ1v) is 13.6. The van der Waals surface area contributed by atoms with Crippen molar-refractivity contribution in [2.75, 3.05) is 5.32 Å². The standard InChI is InChI=1S/C28H33N5O8/c1-3-7-23(34)30-28(10-5-4-6-11-28)22-15-33(32-31-22)20(14-25(37)38)26(39)29-17-8-9-18-16(2)19(13-24(35)36)27(40)41-21(18)12-17/h8-9,12,15,20H,3-7,10-11,13-14H2,1-2H3,(H,29,39)(H,30,34)(H,35,36)(H,37,38). The predicted molar refractivity (Wildman–Crippen MR) is 146 cm³/mol. The van der Waals surface area contributed by atoms with Crippen LogP contribution in [-0.4, -0.2) is 49.0 Å². The first-order chi connectivity index (χ1) is 19.5. The van der Waals surface area contributed by atoms with Crippen LogP contribution in [0.1, 0.15) is 81.2 Å². The fraction of sp³-hybridized carbons (Fsp3) is 0.464.